The Morgan fingerprint density at radius 2 is 2.00 bits per heavy atom. The van der Waals surface area contributed by atoms with E-state index >= 15 is 0 Å². The van der Waals surface area contributed by atoms with Gasteiger partial charge in [-0.3, -0.25) is 4.79 Å². The van der Waals surface area contributed by atoms with E-state index in [1.54, 1.807) is 0 Å². The smallest absolute Gasteiger partial charge is 0.153 e. The number of aromatic nitrogens is 1. The highest BCUT2D eigenvalue weighted by Crippen LogP contribution is 2.30. The lowest BCUT2D eigenvalue weighted by molar-refractivity contribution is 0.112. The highest BCUT2D eigenvalue weighted by Gasteiger charge is 2.15. The standard InChI is InChI=1S/C13H12ClNO/c1-8(2)12-9-5-3-4-6-11(9)15-13(14)10(12)7-16/h3-8H,1-2H3. The van der Waals surface area contributed by atoms with Crippen molar-refractivity contribution in [2.75, 3.05) is 0 Å². The second kappa shape index (κ2) is 4.22. The van der Waals surface area contributed by atoms with Gasteiger partial charge in [0.1, 0.15) is 5.15 Å². The molecule has 1 heterocycles. The first-order valence-corrected chi connectivity index (χ1v) is 5.56. The van der Waals surface area contributed by atoms with Crippen LogP contribution in [0.3, 0.4) is 0 Å². The lowest BCUT2D eigenvalue weighted by atomic mass is 9.94. The zero-order chi connectivity index (χ0) is 11.7. The first-order valence-electron chi connectivity index (χ1n) is 5.18. The summed E-state index contributed by atoms with van der Waals surface area (Å²) in [6.07, 6.45) is 0.789. The summed E-state index contributed by atoms with van der Waals surface area (Å²) in [6.45, 7) is 4.09. The highest BCUT2D eigenvalue weighted by molar-refractivity contribution is 6.32. The maximum atomic E-state index is 11.1. The van der Waals surface area contributed by atoms with Crippen LogP contribution in [-0.2, 0) is 0 Å². The van der Waals surface area contributed by atoms with E-state index in [1.807, 2.05) is 38.1 Å². The van der Waals surface area contributed by atoms with E-state index in [-0.39, 0.29) is 11.1 Å². The van der Waals surface area contributed by atoms with Crippen molar-refractivity contribution in [1.29, 1.82) is 0 Å². The van der Waals surface area contributed by atoms with Gasteiger partial charge >= 0.3 is 0 Å². The number of nitrogens with zero attached hydrogens (tertiary/aromatic N) is 1. The van der Waals surface area contributed by atoms with Gasteiger partial charge in [0.05, 0.1) is 11.1 Å². The number of carbonyl (C=O) groups is 1. The molecule has 0 saturated heterocycles. The third-order valence-corrected chi connectivity index (χ3v) is 2.91. The second-order valence-electron chi connectivity index (χ2n) is 4.02. The van der Waals surface area contributed by atoms with Gasteiger partial charge in [-0.25, -0.2) is 4.98 Å². The molecule has 1 aromatic carbocycles. The van der Waals surface area contributed by atoms with E-state index in [0.29, 0.717) is 5.56 Å². The number of para-hydroxylation sites is 1. The number of benzene rings is 1. The molecule has 0 unspecified atom stereocenters. The van der Waals surface area contributed by atoms with E-state index in [1.165, 1.54) is 0 Å². The predicted octanol–water partition coefficient (Wildman–Crippen LogP) is 3.82. The number of hydrogen-bond acceptors (Lipinski definition) is 2. The van der Waals surface area contributed by atoms with Crippen molar-refractivity contribution in [3.05, 3.63) is 40.5 Å². The third kappa shape index (κ3) is 1.69. The Labute approximate surface area is 99.3 Å². The molecule has 1 aromatic heterocycles. The minimum atomic E-state index is 0.241. The fourth-order valence-corrected chi connectivity index (χ4v) is 2.19. The molecule has 82 valence electrons. The van der Waals surface area contributed by atoms with E-state index in [2.05, 4.69) is 4.98 Å². The van der Waals surface area contributed by atoms with Crippen molar-refractivity contribution in [2.45, 2.75) is 19.8 Å². The minimum absolute atomic E-state index is 0.241. The molecule has 0 aliphatic rings. The molecular formula is C13H12ClNO. The lowest BCUT2D eigenvalue weighted by Crippen LogP contribution is -2.00. The molecule has 0 aliphatic heterocycles. The van der Waals surface area contributed by atoms with Gasteiger partial charge in [-0.2, -0.15) is 0 Å². The molecular weight excluding hydrogens is 222 g/mol. The third-order valence-electron chi connectivity index (χ3n) is 2.62. The Bertz CT molecular complexity index is 549. The molecule has 16 heavy (non-hydrogen) atoms. The van der Waals surface area contributed by atoms with Gasteiger partial charge in [-0.05, 0) is 17.5 Å². The number of fused-ring (bicyclic) bond motifs is 1. The lowest BCUT2D eigenvalue weighted by Gasteiger charge is -2.13. The Morgan fingerprint density at radius 1 is 1.31 bits per heavy atom. The Kier molecular flexibility index (Phi) is 2.92. The van der Waals surface area contributed by atoms with Gasteiger partial charge in [0.25, 0.3) is 0 Å². The van der Waals surface area contributed by atoms with Crippen LogP contribution < -0.4 is 0 Å². The fraction of sp³-hybridized carbons (Fsp3) is 0.231. The van der Waals surface area contributed by atoms with Crippen molar-refractivity contribution in [3.8, 4) is 0 Å². The number of rotatable bonds is 2. The van der Waals surface area contributed by atoms with Crippen LogP contribution in [0.5, 0.6) is 0 Å². The molecule has 2 aromatic rings. The summed E-state index contributed by atoms with van der Waals surface area (Å²) in [5.74, 6) is 0.241. The number of halogens is 1. The van der Waals surface area contributed by atoms with Gasteiger partial charge < -0.3 is 0 Å². The maximum Gasteiger partial charge on any atom is 0.153 e. The number of pyridine rings is 1. The zero-order valence-electron chi connectivity index (χ0n) is 9.20. The molecule has 0 saturated carbocycles. The van der Waals surface area contributed by atoms with E-state index in [9.17, 15) is 4.79 Å². The Balaban J connectivity index is 2.92. The van der Waals surface area contributed by atoms with Gasteiger partial charge in [0, 0.05) is 5.39 Å². The second-order valence-corrected chi connectivity index (χ2v) is 4.38. The Hall–Kier alpha value is -1.41. The Morgan fingerprint density at radius 3 is 2.62 bits per heavy atom. The van der Waals surface area contributed by atoms with Gasteiger partial charge in [-0.1, -0.05) is 43.6 Å². The fourth-order valence-electron chi connectivity index (χ4n) is 1.96. The summed E-state index contributed by atoms with van der Waals surface area (Å²) in [5, 5.41) is 1.29. The monoisotopic (exact) mass is 233 g/mol. The minimum Gasteiger partial charge on any atom is -0.298 e. The summed E-state index contributed by atoms with van der Waals surface area (Å²) in [4.78, 5) is 15.3. The number of hydrogen-bond donors (Lipinski definition) is 0. The molecule has 2 nitrogen and oxygen atoms in total. The van der Waals surface area contributed by atoms with Crippen LogP contribution in [0.15, 0.2) is 24.3 Å². The number of carbonyl (C=O) groups excluding carboxylic acids is 1. The van der Waals surface area contributed by atoms with Crippen molar-refractivity contribution in [3.63, 3.8) is 0 Å². The molecule has 0 amide bonds. The van der Waals surface area contributed by atoms with E-state index < -0.39 is 0 Å². The molecule has 3 heteroatoms. The summed E-state index contributed by atoms with van der Waals surface area (Å²) >= 11 is 6.01. The first kappa shape index (κ1) is 11.1. The van der Waals surface area contributed by atoms with Crippen LogP contribution >= 0.6 is 11.6 Å². The molecule has 0 aliphatic carbocycles. The van der Waals surface area contributed by atoms with Crippen molar-refractivity contribution in [2.24, 2.45) is 0 Å². The molecule has 0 N–H and O–H groups in total. The van der Waals surface area contributed by atoms with Crippen LogP contribution in [0.2, 0.25) is 5.15 Å². The summed E-state index contributed by atoms with van der Waals surface area (Å²) in [5.41, 5.74) is 2.32. The SMILES string of the molecule is CC(C)c1c(C=O)c(Cl)nc2ccccc12. The molecule has 0 bridgehead atoms. The summed E-state index contributed by atoms with van der Waals surface area (Å²) < 4.78 is 0. The molecule has 0 atom stereocenters. The van der Waals surface area contributed by atoms with Gasteiger partial charge in [-0.15, -0.1) is 0 Å². The van der Waals surface area contributed by atoms with E-state index in [4.69, 9.17) is 11.6 Å². The quantitative estimate of drug-likeness (QED) is 0.583. The van der Waals surface area contributed by atoms with Gasteiger partial charge in [0.15, 0.2) is 6.29 Å². The van der Waals surface area contributed by atoms with Crippen molar-refractivity contribution < 1.29 is 4.79 Å². The van der Waals surface area contributed by atoms with Crippen LogP contribution in [0.4, 0.5) is 0 Å². The largest absolute Gasteiger partial charge is 0.298 e. The molecule has 0 fully saturated rings. The first-order chi connectivity index (χ1) is 7.65. The average Bonchev–Trinajstić information content (AvgIpc) is 2.26. The molecule has 2 rings (SSSR count). The topological polar surface area (TPSA) is 30.0 Å². The maximum absolute atomic E-state index is 11.1. The highest BCUT2D eigenvalue weighted by atomic mass is 35.5. The van der Waals surface area contributed by atoms with Crippen LogP contribution in [-0.4, -0.2) is 11.3 Å². The van der Waals surface area contributed by atoms with E-state index in [0.717, 1.165) is 22.8 Å². The molecule has 0 radical (unpaired) electrons. The predicted molar refractivity (Wildman–Crippen MR) is 66.2 cm³/mol. The summed E-state index contributed by atoms with van der Waals surface area (Å²) in [6, 6.07) is 7.73. The van der Waals surface area contributed by atoms with Crippen LogP contribution in [0.1, 0.15) is 35.7 Å². The van der Waals surface area contributed by atoms with Crippen LogP contribution in [0.25, 0.3) is 10.9 Å². The van der Waals surface area contributed by atoms with Crippen molar-refractivity contribution >= 4 is 28.8 Å². The normalized spacial score (nSPS) is 11.0. The number of aldehydes is 1. The van der Waals surface area contributed by atoms with Gasteiger partial charge in [0.2, 0.25) is 0 Å². The average molecular weight is 234 g/mol. The zero-order valence-corrected chi connectivity index (χ0v) is 9.95. The molecule has 0 spiro atoms. The summed E-state index contributed by atoms with van der Waals surface area (Å²) in [7, 11) is 0. The van der Waals surface area contributed by atoms with Crippen molar-refractivity contribution in [1.82, 2.24) is 4.98 Å². The van der Waals surface area contributed by atoms with Crippen LogP contribution in [0, 0.1) is 0 Å².